The Kier molecular flexibility index (Phi) is 5.33. The largest absolute Gasteiger partial charge is 0.497 e. The second-order valence-electron chi connectivity index (χ2n) is 4.56. The molecule has 0 saturated carbocycles. The third-order valence-corrected chi connectivity index (χ3v) is 3.36. The molecule has 0 spiro atoms. The van der Waals surface area contributed by atoms with Crippen LogP contribution in [0, 0.1) is 10.1 Å². The molecule has 0 bridgehead atoms. The number of carbonyl (C=O) groups is 2. The number of hydrogen-bond donors (Lipinski definition) is 2. The summed E-state index contributed by atoms with van der Waals surface area (Å²) >= 11 is 5.84. The average Bonchev–Trinajstić information content (AvgIpc) is 2.59. The first-order valence-electron chi connectivity index (χ1n) is 6.61. The lowest BCUT2D eigenvalue weighted by atomic mass is 10.2. The van der Waals surface area contributed by atoms with Gasteiger partial charge in [-0.2, -0.15) is 0 Å². The number of non-ortho nitro benzene ring substituents is 1. The predicted molar refractivity (Wildman–Crippen MR) is 86.0 cm³/mol. The number of ether oxygens (including phenoxy) is 1. The fraction of sp³-hybridized carbons (Fsp3) is 0.0667. The Morgan fingerprint density at radius 1 is 1.08 bits per heavy atom. The van der Waals surface area contributed by atoms with E-state index in [1.165, 1.54) is 25.3 Å². The summed E-state index contributed by atoms with van der Waals surface area (Å²) < 4.78 is 4.98. The van der Waals surface area contributed by atoms with Crippen molar-refractivity contribution in [3.63, 3.8) is 0 Å². The first-order valence-corrected chi connectivity index (χ1v) is 6.99. The summed E-state index contributed by atoms with van der Waals surface area (Å²) in [6.07, 6.45) is 0. The van der Waals surface area contributed by atoms with Crippen LogP contribution in [0.3, 0.4) is 0 Å². The summed E-state index contributed by atoms with van der Waals surface area (Å²) in [7, 11) is 1.50. The highest BCUT2D eigenvalue weighted by atomic mass is 35.5. The zero-order chi connectivity index (χ0) is 17.7. The summed E-state index contributed by atoms with van der Waals surface area (Å²) in [5.74, 6) is -0.644. The first-order chi connectivity index (χ1) is 11.4. The monoisotopic (exact) mass is 349 g/mol. The Morgan fingerprint density at radius 3 is 2.25 bits per heavy atom. The highest BCUT2D eigenvalue weighted by Crippen LogP contribution is 2.22. The van der Waals surface area contributed by atoms with E-state index in [0.717, 1.165) is 12.1 Å². The van der Waals surface area contributed by atoms with Gasteiger partial charge in [0.15, 0.2) is 0 Å². The molecule has 0 aliphatic rings. The second-order valence-corrected chi connectivity index (χ2v) is 4.97. The van der Waals surface area contributed by atoms with Crippen molar-refractivity contribution in [1.82, 2.24) is 10.9 Å². The van der Waals surface area contributed by atoms with E-state index >= 15 is 0 Å². The van der Waals surface area contributed by atoms with Gasteiger partial charge in [0, 0.05) is 17.7 Å². The first kappa shape index (κ1) is 17.2. The van der Waals surface area contributed by atoms with Crippen LogP contribution in [0.1, 0.15) is 20.7 Å². The van der Waals surface area contributed by atoms with Gasteiger partial charge in [0.25, 0.3) is 17.5 Å². The maximum absolute atomic E-state index is 12.0. The standard InChI is InChI=1S/C15H12ClN3O5/c1-24-11-5-2-9(3-6-11)14(20)17-18-15(21)12-7-4-10(19(22)23)8-13(12)16/h2-8H,1H3,(H,17,20)(H,18,21). The van der Waals surface area contributed by atoms with E-state index in [4.69, 9.17) is 16.3 Å². The quantitative estimate of drug-likeness (QED) is 0.650. The molecule has 0 saturated heterocycles. The molecule has 2 N–H and O–H groups in total. The highest BCUT2D eigenvalue weighted by molar-refractivity contribution is 6.34. The van der Waals surface area contributed by atoms with Crippen LogP contribution in [0.15, 0.2) is 42.5 Å². The number of nitro groups is 1. The Bertz CT molecular complexity index is 792. The van der Waals surface area contributed by atoms with Crippen LogP contribution >= 0.6 is 11.6 Å². The van der Waals surface area contributed by atoms with E-state index < -0.39 is 16.7 Å². The number of halogens is 1. The zero-order valence-corrected chi connectivity index (χ0v) is 13.2. The number of nitrogens with one attached hydrogen (secondary N) is 2. The van der Waals surface area contributed by atoms with E-state index in [2.05, 4.69) is 10.9 Å². The van der Waals surface area contributed by atoms with Gasteiger partial charge in [0.1, 0.15) is 5.75 Å². The Labute approximate surface area is 141 Å². The van der Waals surface area contributed by atoms with Gasteiger partial charge in [0.2, 0.25) is 0 Å². The van der Waals surface area contributed by atoms with E-state index in [1.54, 1.807) is 12.1 Å². The normalized spacial score (nSPS) is 9.92. The van der Waals surface area contributed by atoms with Gasteiger partial charge in [-0.25, -0.2) is 0 Å². The van der Waals surface area contributed by atoms with Crippen molar-refractivity contribution in [3.8, 4) is 5.75 Å². The van der Waals surface area contributed by atoms with Crippen LogP contribution in [-0.4, -0.2) is 23.8 Å². The van der Waals surface area contributed by atoms with Gasteiger partial charge in [-0.3, -0.25) is 30.6 Å². The maximum atomic E-state index is 12.0. The van der Waals surface area contributed by atoms with Gasteiger partial charge < -0.3 is 4.74 Å². The molecule has 24 heavy (non-hydrogen) atoms. The molecule has 2 rings (SSSR count). The van der Waals surface area contributed by atoms with E-state index in [0.29, 0.717) is 11.3 Å². The lowest BCUT2D eigenvalue weighted by Gasteiger charge is -2.09. The molecule has 0 aliphatic heterocycles. The molecule has 0 aliphatic carbocycles. The van der Waals surface area contributed by atoms with Gasteiger partial charge >= 0.3 is 0 Å². The number of rotatable bonds is 4. The molecular formula is C15H12ClN3O5. The number of carbonyl (C=O) groups excluding carboxylic acids is 2. The summed E-state index contributed by atoms with van der Waals surface area (Å²) in [5, 5.41) is 10.5. The van der Waals surface area contributed by atoms with Crippen molar-refractivity contribution in [1.29, 1.82) is 0 Å². The molecule has 124 valence electrons. The van der Waals surface area contributed by atoms with Crippen molar-refractivity contribution in [3.05, 3.63) is 68.7 Å². The van der Waals surface area contributed by atoms with E-state index in [1.807, 2.05) is 0 Å². The number of methoxy groups -OCH3 is 1. The predicted octanol–water partition coefficient (Wildman–Crippen LogP) is 2.33. The van der Waals surface area contributed by atoms with Gasteiger partial charge in [-0.1, -0.05) is 11.6 Å². The van der Waals surface area contributed by atoms with Gasteiger partial charge in [-0.15, -0.1) is 0 Å². The number of nitrogens with zero attached hydrogens (tertiary/aromatic N) is 1. The third kappa shape index (κ3) is 3.99. The molecule has 2 amide bonds. The maximum Gasteiger partial charge on any atom is 0.271 e. The average molecular weight is 350 g/mol. The molecular weight excluding hydrogens is 338 g/mol. The van der Waals surface area contributed by atoms with Crippen LogP contribution in [0.4, 0.5) is 5.69 Å². The summed E-state index contributed by atoms with van der Waals surface area (Å²) in [6, 6.07) is 9.66. The molecule has 2 aromatic carbocycles. The van der Waals surface area contributed by atoms with Crippen molar-refractivity contribution in [2.24, 2.45) is 0 Å². The molecule has 0 atom stereocenters. The number of nitro benzene ring substituents is 1. The molecule has 0 fully saturated rings. The molecule has 0 aromatic heterocycles. The lowest BCUT2D eigenvalue weighted by molar-refractivity contribution is -0.384. The van der Waals surface area contributed by atoms with Crippen LogP contribution in [0.2, 0.25) is 5.02 Å². The van der Waals surface area contributed by atoms with Crippen LogP contribution in [-0.2, 0) is 0 Å². The fourth-order valence-electron chi connectivity index (χ4n) is 1.80. The zero-order valence-electron chi connectivity index (χ0n) is 12.4. The number of hydrogen-bond acceptors (Lipinski definition) is 5. The molecule has 2 aromatic rings. The number of benzene rings is 2. The second kappa shape index (κ2) is 7.42. The van der Waals surface area contributed by atoms with E-state index in [9.17, 15) is 19.7 Å². The Morgan fingerprint density at radius 2 is 1.71 bits per heavy atom. The van der Waals surface area contributed by atoms with Gasteiger partial charge in [-0.05, 0) is 30.3 Å². The molecule has 9 heteroatoms. The Hall–Kier alpha value is -3.13. The SMILES string of the molecule is COc1ccc(C(=O)NNC(=O)c2ccc([N+](=O)[O-])cc2Cl)cc1. The molecule has 0 radical (unpaired) electrons. The minimum absolute atomic E-state index is 0.00250. The number of amides is 2. The van der Waals surface area contributed by atoms with Crippen molar-refractivity contribution >= 4 is 29.1 Å². The highest BCUT2D eigenvalue weighted by Gasteiger charge is 2.15. The van der Waals surface area contributed by atoms with Crippen molar-refractivity contribution in [2.75, 3.05) is 7.11 Å². The third-order valence-electron chi connectivity index (χ3n) is 3.05. The summed E-state index contributed by atoms with van der Waals surface area (Å²) in [5.41, 5.74) is 4.49. The minimum Gasteiger partial charge on any atom is -0.497 e. The van der Waals surface area contributed by atoms with Crippen LogP contribution < -0.4 is 15.6 Å². The van der Waals surface area contributed by atoms with Crippen LogP contribution in [0.5, 0.6) is 5.75 Å². The fourth-order valence-corrected chi connectivity index (χ4v) is 2.06. The minimum atomic E-state index is -0.697. The topological polar surface area (TPSA) is 111 Å². The number of hydrazine groups is 1. The smallest absolute Gasteiger partial charge is 0.271 e. The van der Waals surface area contributed by atoms with Crippen molar-refractivity contribution in [2.45, 2.75) is 0 Å². The van der Waals surface area contributed by atoms with Crippen LogP contribution in [0.25, 0.3) is 0 Å². The molecule has 0 unspecified atom stereocenters. The van der Waals surface area contributed by atoms with Crippen molar-refractivity contribution < 1.29 is 19.2 Å². The lowest BCUT2D eigenvalue weighted by Crippen LogP contribution is -2.41. The molecule has 8 nitrogen and oxygen atoms in total. The summed E-state index contributed by atoms with van der Waals surface area (Å²) in [4.78, 5) is 33.9. The van der Waals surface area contributed by atoms with Gasteiger partial charge in [0.05, 0.1) is 22.6 Å². The summed E-state index contributed by atoms with van der Waals surface area (Å²) in [6.45, 7) is 0. The van der Waals surface area contributed by atoms with E-state index in [-0.39, 0.29) is 16.3 Å². The molecule has 0 heterocycles. The Balaban J connectivity index is 2.02.